The summed E-state index contributed by atoms with van der Waals surface area (Å²) < 4.78 is 38.8. The Hall–Kier alpha value is -1.85. The van der Waals surface area contributed by atoms with E-state index in [4.69, 9.17) is 32.7 Å². The first-order chi connectivity index (χ1) is 15.6. The van der Waals surface area contributed by atoms with Gasteiger partial charge < -0.3 is 14.4 Å². The highest BCUT2D eigenvalue weighted by Gasteiger charge is 2.31. The van der Waals surface area contributed by atoms with Crippen LogP contribution in [0.3, 0.4) is 0 Å². The van der Waals surface area contributed by atoms with Crippen LogP contribution in [0.1, 0.15) is 20.8 Å². The fourth-order valence-electron chi connectivity index (χ4n) is 3.46. The van der Waals surface area contributed by atoms with Gasteiger partial charge in [0.25, 0.3) is 0 Å². The minimum atomic E-state index is -3.34. The Morgan fingerprint density at radius 1 is 1.06 bits per heavy atom. The van der Waals surface area contributed by atoms with Crippen molar-refractivity contribution in [2.75, 3.05) is 50.9 Å². The zero-order chi connectivity index (χ0) is 24.2. The molecule has 1 aliphatic rings. The van der Waals surface area contributed by atoms with E-state index in [1.807, 2.05) is 11.8 Å². The zero-order valence-corrected chi connectivity index (χ0v) is 21.2. The van der Waals surface area contributed by atoms with Crippen LogP contribution in [0.15, 0.2) is 29.2 Å². The number of hydrogen-bond donors (Lipinski definition) is 0. The second-order valence-corrected chi connectivity index (χ2v) is 11.1. The number of piperazine rings is 1. The molecule has 2 heterocycles. The number of rotatable bonds is 9. The summed E-state index contributed by atoms with van der Waals surface area (Å²) in [5, 5.41) is 4.56. The third-order valence-electron chi connectivity index (χ3n) is 5.22. The summed E-state index contributed by atoms with van der Waals surface area (Å²) in [6, 6.07) is 4.73. The highest BCUT2D eigenvalue weighted by atomic mass is 35.5. The predicted octanol–water partition coefficient (Wildman–Crippen LogP) is 2.81. The molecule has 0 amide bonds. The Kier molecular flexibility index (Phi) is 8.63. The third kappa shape index (κ3) is 5.99. The van der Waals surface area contributed by atoms with Crippen molar-refractivity contribution in [1.29, 1.82) is 0 Å². The second kappa shape index (κ2) is 11.1. The molecule has 1 saturated heterocycles. The molecule has 0 spiro atoms. The molecule has 0 saturated carbocycles. The van der Waals surface area contributed by atoms with Crippen LogP contribution in [0.4, 0.5) is 5.69 Å². The molecule has 1 aliphatic heterocycles. The molecule has 182 valence electrons. The van der Waals surface area contributed by atoms with E-state index in [-0.39, 0.29) is 12.4 Å². The lowest BCUT2D eigenvalue weighted by Gasteiger charge is -2.36. The van der Waals surface area contributed by atoms with Crippen LogP contribution in [0.5, 0.6) is 5.75 Å². The highest BCUT2D eigenvalue weighted by Crippen LogP contribution is 2.27. The van der Waals surface area contributed by atoms with Gasteiger partial charge in [-0.25, -0.2) is 8.42 Å². The average molecular weight is 519 g/mol. The van der Waals surface area contributed by atoms with Gasteiger partial charge in [-0.2, -0.15) is 14.1 Å². The fourth-order valence-corrected chi connectivity index (χ4v) is 5.25. The third-order valence-corrected chi connectivity index (χ3v) is 7.93. The van der Waals surface area contributed by atoms with Gasteiger partial charge in [-0.3, -0.25) is 4.79 Å². The molecular formula is C21H28Cl2N4O5S. The molecule has 0 radical (unpaired) electrons. The van der Waals surface area contributed by atoms with Gasteiger partial charge in [0.2, 0.25) is 15.8 Å². The lowest BCUT2D eigenvalue weighted by molar-refractivity contribution is 0.109. The van der Waals surface area contributed by atoms with Crippen molar-refractivity contribution in [3.05, 3.63) is 44.8 Å². The van der Waals surface area contributed by atoms with Crippen molar-refractivity contribution in [3.8, 4) is 11.4 Å². The Morgan fingerprint density at radius 3 is 2.27 bits per heavy atom. The summed E-state index contributed by atoms with van der Waals surface area (Å²) in [6.07, 6.45) is 1.54. The molecule has 1 fully saturated rings. The van der Waals surface area contributed by atoms with Crippen molar-refractivity contribution < 1.29 is 17.9 Å². The monoisotopic (exact) mass is 518 g/mol. The predicted molar refractivity (Wildman–Crippen MR) is 130 cm³/mol. The van der Waals surface area contributed by atoms with E-state index >= 15 is 0 Å². The maximum Gasteiger partial charge on any atom is 0.316 e. The van der Waals surface area contributed by atoms with Crippen LogP contribution in [-0.4, -0.2) is 73.8 Å². The van der Waals surface area contributed by atoms with Gasteiger partial charge in [0.1, 0.15) is 12.3 Å². The first-order valence-electron chi connectivity index (χ1n) is 10.7. The highest BCUT2D eigenvalue weighted by molar-refractivity contribution is 7.89. The van der Waals surface area contributed by atoms with Gasteiger partial charge in [0, 0.05) is 42.8 Å². The van der Waals surface area contributed by atoms with Crippen molar-refractivity contribution in [3.63, 3.8) is 0 Å². The second-order valence-electron chi connectivity index (χ2n) is 7.73. The summed E-state index contributed by atoms with van der Waals surface area (Å²) in [5.41, 5.74) is 0.439. The van der Waals surface area contributed by atoms with Crippen LogP contribution < -0.4 is 15.2 Å². The van der Waals surface area contributed by atoms with Gasteiger partial charge in [-0.05, 0) is 39.0 Å². The Balaban J connectivity index is 1.92. The molecule has 9 nitrogen and oxygen atoms in total. The molecule has 1 aromatic heterocycles. The first kappa shape index (κ1) is 25.8. The van der Waals surface area contributed by atoms with Crippen molar-refractivity contribution in [1.82, 2.24) is 14.1 Å². The van der Waals surface area contributed by atoms with Crippen LogP contribution in [0, 0.1) is 0 Å². The number of aromatic nitrogens is 2. The van der Waals surface area contributed by atoms with E-state index in [9.17, 15) is 13.2 Å². The van der Waals surface area contributed by atoms with Gasteiger partial charge in [0.05, 0.1) is 23.7 Å². The number of benzene rings is 1. The Morgan fingerprint density at radius 2 is 1.70 bits per heavy atom. The number of ether oxygens (including phenoxy) is 2. The van der Waals surface area contributed by atoms with Gasteiger partial charge in [-0.15, -0.1) is 0 Å². The van der Waals surface area contributed by atoms with Crippen LogP contribution in [0.2, 0.25) is 10.0 Å². The van der Waals surface area contributed by atoms with Crippen LogP contribution in [-0.2, 0) is 14.8 Å². The smallest absolute Gasteiger partial charge is 0.316 e. The molecule has 2 aromatic rings. The number of anilines is 1. The van der Waals surface area contributed by atoms with E-state index < -0.39 is 20.8 Å². The van der Waals surface area contributed by atoms with E-state index in [1.165, 1.54) is 8.99 Å². The van der Waals surface area contributed by atoms with E-state index in [0.717, 1.165) is 0 Å². The number of hydrogen-bond acceptors (Lipinski definition) is 7. The molecule has 0 unspecified atom stereocenters. The fraction of sp³-hybridized carbons (Fsp3) is 0.524. The average Bonchev–Trinajstić information content (AvgIpc) is 2.76. The summed E-state index contributed by atoms with van der Waals surface area (Å²) in [6.45, 7) is 7.67. The van der Waals surface area contributed by atoms with Gasteiger partial charge >= 0.3 is 5.56 Å². The molecule has 0 aliphatic carbocycles. The van der Waals surface area contributed by atoms with Gasteiger partial charge in [0.15, 0.2) is 0 Å². The topological polar surface area (TPSA) is 94.0 Å². The van der Waals surface area contributed by atoms with Crippen molar-refractivity contribution in [2.24, 2.45) is 0 Å². The maximum atomic E-state index is 13.3. The Labute approximate surface area is 203 Å². The van der Waals surface area contributed by atoms with E-state index in [1.54, 1.807) is 38.2 Å². The molecule has 12 heteroatoms. The number of sulfonamides is 1. The quantitative estimate of drug-likeness (QED) is 0.471. The lowest BCUT2D eigenvalue weighted by atomic mass is 10.3. The minimum absolute atomic E-state index is 0.112. The zero-order valence-electron chi connectivity index (χ0n) is 18.8. The largest absolute Gasteiger partial charge is 0.484 e. The SMILES string of the molecule is CCOCCOc1c(N2CCN(S(=O)(=O)C(C)C)CC2)cnn(-c2cc(Cl)cc(Cl)c2)c1=O. The molecular weight excluding hydrogens is 491 g/mol. The Bertz CT molecular complexity index is 1110. The number of halogens is 2. The summed E-state index contributed by atoms with van der Waals surface area (Å²) in [5.74, 6) is 0.112. The number of nitrogens with zero attached hydrogens (tertiary/aromatic N) is 4. The van der Waals surface area contributed by atoms with E-state index in [0.29, 0.717) is 60.8 Å². The van der Waals surface area contributed by atoms with Gasteiger partial charge in [-0.1, -0.05) is 23.2 Å². The maximum absolute atomic E-state index is 13.3. The van der Waals surface area contributed by atoms with Crippen LogP contribution >= 0.6 is 23.2 Å². The normalized spacial score (nSPS) is 15.3. The lowest BCUT2D eigenvalue weighted by Crippen LogP contribution is -2.50. The molecule has 1 aromatic carbocycles. The molecule has 0 N–H and O–H groups in total. The van der Waals surface area contributed by atoms with Crippen molar-refractivity contribution in [2.45, 2.75) is 26.0 Å². The molecule has 0 bridgehead atoms. The van der Waals surface area contributed by atoms with E-state index in [2.05, 4.69) is 5.10 Å². The standard InChI is InChI=1S/C21H28Cl2N4O5S/c1-4-31-9-10-32-20-19(25-5-7-26(8-6-25)33(29,30)15(2)3)14-24-27(21(20)28)18-12-16(22)11-17(23)13-18/h11-15H,4-10H2,1-3H3. The molecule has 0 atom stereocenters. The minimum Gasteiger partial charge on any atom is -0.484 e. The van der Waals surface area contributed by atoms with Crippen molar-refractivity contribution >= 4 is 38.9 Å². The molecule has 3 rings (SSSR count). The summed E-state index contributed by atoms with van der Waals surface area (Å²) in [7, 11) is -3.34. The summed E-state index contributed by atoms with van der Waals surface area (Å²) in [4.78, 5) is 15.3. The molecule has 33 heavy (non-hydrogen) atoms. The first-order valence-corrected chi connectivity index (χ1v) is 12.9. The summed E-state index contributed by atoms with van der Waals surface area (Å²) >= 11 is 12.2. The van der Waals surface area contributed by atoms with Crippen LogP contribution in [0.25, 0.3) is 5.69 Å².